The maximum Gasteiger partial charge on any atom is 0.263 e. The highest BCUT2D eigenvalue weighted by Crippen LogP contribution is 2.30. The van der Waals surface area contributed by atoms with Gasteiger partial charge in [-0.25, -0.2) is 13.4 Å². The molecule has 0 saturated heterocycles. The summed E-state index contributed by atoms with van der Waals surface area (Å²) in [6.45, 7) is 0. The summed E-state index contributed by atoms with van der Waals surface area (Å²) in [5.74, 6) is 1.01. The molecular weight excluding hydrogens is 348 g/mol. The molecule has 3 aromatic rings. The van der Waals surface area contributed by atoms with Crippen LogP contribution in [0.4, 0.5) is 5.69 Å². The first-order valence-electron chi connectivity index (χ1n) is 7.01. The Morgan fingerprint density at radius 1 is 0.917 bits per heavy atom. The van der Waals surface area contributed by atoms with Crippen LogP contribution in [0.25, 0.3) is 0 Å². The van der Waals surface area contributed by atoms with Crippen LogP contribution in [0.5, 0.6) is 11.5 Å². The van der Waals surface area contributed by atoms with E-state index in [0.29, 0.717) is 17.2 Å². The van der Waals surface area contributed by atoms with Gasteiger partial charge in [0, 0.05) is 6.20 Å². The maximum atomic E-state index is 12.5. The molecule has 0 bridgehead atoms. The quantitative estimate of drug-likeness (QED) is 0.688. The molecule has 0 unspecified atom stereocenters. The number of anilines is 1. The third-order valence-corrected chi connectivity index (χ3v) is 4.69. The number of rotatable bonds is 5. The maximum absolute atomic E-state index is 12.5. The number of benzene rings is 2. The molecule has 0 aliphatic rings. The van der Waals surface area contributed by atoms with Crippen LogP contribution in [0, 0.1) is 0 Å². The van der Waals surface area contributed by atoms with Gasteiger partial charge in [-0.1, -0.05) is 41.9 Å². The Bertz CT molecular complexity index is 930. The lowest BCUT2D eigenvalue weighted by atomic mass is 10.3. The van der Waals surface area contributed by atoms with Crippen LogP contribution in [0.15, 0.2) is 77.8 Å². The molecular formula is C17H13ClN2O3S. The lowest BCUT2D eigenvalue weighted by Gasteiger charge is -2.13. The Morgan fingerprint density at radius 2 is 1.62 bits per heavy atom. The number of pyridine rings is 1. The third-order valence-electron chi connectivity index (χ3n) is 3.11. The summed E-state index contributed by atoms with van der Waals surface area (Å²) in [5, 5.41) is 0.224. The molecule has 7 heteroatoms. The van der Waals surface area contributed by atoms with E-state index in [-0.39, 0.29) is 10.0 Å². The van der Waals surface area contributed by atoms with Crippen LogP contribution >= 0.6 is 11.6 Å². The minimum absolute atomic E-state index is 0.0152. The fourth-order valence-electron chi connectivity index (χ4n) is 1.98. The van der Waals surface area contributed by atoms with Gasteiger partial charge >= 0.3 is 0 Å². The monoisotopic (exact) mass is 360 g/mol. The molecule has 1 heterocycles. The van der Waals surface area contributed by atoms with Crippen molar-refractivity contribution in [2.24, 2.45) is 0 Å². The van der Waals surface area contributed by atoms with Crippen molar-refractivity contribution in [1.82, 2.24) is 4.98 Å². The van der Waals surface area contributed by atoms with Gasteiger partial charge in [-0.3, -0.25) is 4.72 Å². The Balaban J connectivity index is 1.89. The fraction of sp³-hybridized carbons (Fsp3) is 0. The first-order chi connectivity index (χ1) is 11.5. The number of hydrogen-bond acceptors (Lipinski definition) is 4. The van der Waals surface area contributed by atoms with Gasteiger partial charge in [-0.05, 0) is 36.4 Å². The van der Waals surface area contributed by atoms with E-state index in [9.17, 15) is 8.42 Å². The van der Waals surface area contributed by atoms with Crippen molar-refractivity contribution in [3.63, 3.8) is 0 Å². The zero-order valence-electron chi connectivity index (χ0n) is 12.4. The summed E-state index contributed by atoms with van der Waals surface area (Å²) in [7, 11) is -3.80. The second-order valence-electron chi connectivity index (χ2n) is 4.83. The molecule has 1 aromatic heterocycles. The van der Waals surface area contributed by atoms with Crippen LogP contribution in [0.2, 0.25) is 5.15 Å². The molecule has 122 valence electrons. The van der Waals surface area contributed by atoms with E-state index in [1.165, 1.54) is 18.3 Å². The van der Waals surface area contributed by atoms with Crippen molar-refractivity contribution in [2.75, 3.05) is 4.72 Å². The topological polar surface area (TPSA) is 68.3 Å². The van der Waals surface area contributed by atoms with Crippen molar-refractivity contribution in [3.8, 4) is 11.5 Å². The predicted molar refractivity (Wildman–Crippen MR) is 93.0 cm³/mol. The van der Waals surface area contributed by atoms with Gasteiger partial charge in [0.25, 0.3) is 10.0 Å². The molecule has 0 aliphatic heterocycles. The Labute approximate surface area is 144 Å². The molecule has 3 rings (SSSR count). The molecule has 0 atom stereocenters. The SMILES string of the molecule is O=S(=O)(Nc1ccccc1Oc1ccccc1)c1ccc(Cl)nc1. The molecule has 0 amide bonds. The Morgan fingerprint density at radius 3 is 2.33 bits per heavy atom. The van der Waals surface area contributed by atoms with Crippen LogP contribution in [0.1, 0.15) is 0 Å². The summed E-state index contributed by atoms with van der Waals surface area (Å²) in [6, 6.07) is 18.7. The summed E-state index contributed by atoms with van der Waals surface area (Å²) in [4.78, 5) is 3.81. The normalized spacial score (nSPS) is 11.0. The number of nitrogens with one attached hydrogen (secondary N) is 1. The van der Waals surface area contributed by atoms with E-state index < -0.39 is 10.0 Å². The molecule has 1 N–H and O–H groups in total. The third kappa shape index (κ3) is 3.84. The number of para-hydroxylation sites is 3. The molecule has 0 fully saturated rings. The molecule has 2 aromatic carbocycles. The molecule has 5 nitrogen and oxygen atoms in total. The minimum Gasteiger partial charge on any atom is -0.455 e. The average molecular weight is 361 g/mol. The van der Waals surface area contributed by atoms with Crippen LogP contribution in [-0.2, 0) is 10.0 Å². The van der Waals surface area contributed by atoms with E-state index in [1.54, 1.807) is 36.4 Å². The van der Waals surface area contributed by atoms with Gasteiger partial charge in [0.15, 0.2) is 5.75 Å². The van der Waals surface area contributed by atoms with Gasteiger partial charge in [-0.2, -0.15) is 0 Å². The largest absolute Gasteiger partial charge is 0.455 e. The molecule has 0 radical (unpaired) electrons. The highest BCUT2D eigenvalue weighted by molar-refractivity contribution is 7.92. The summed E-state index contributed by atoms with van der Waals surface area (Å²) < 4.78 is 33.2. The van der Waals surface area contributed by atoms with Crippen LogP contribution in [-0.4, -0.2) is 13.4 Å². The zero-order valence-corrected chi connectivity index (χ0v) is 14.0. The lowest BCUT2D eigenvalue weighted by molar-refractivity contribution is 0.485. The fourth-order valence-corrected chi connectivity index (χ4v) is 3.11. The Hall–Kier alpha value is -2.57. The molecule has 0 saturated carbocycles. The lowest BCUT2D eigenvalue weighted by Crippen LogP contribution is -2.13. The molecule has 0 spiro atoms. The second kappa shape index (κ2) is 6.90. The van der Waals surface area contributed by atoms with Crippen molar-refractivity contribution < 1.29 is 13.2 Å². The van der Waals surface area contributed by atoms with E-state index in [0.717, 1.165) is 0 Å². The summed E-state index contributed by atoms with van der Waals surface area (Å²) in [5.41, 5.74) is 0.330. The van der Waals surface area contributed by atoms with Gasteiger partial charge < -0.3 is 4.74 Å². The van der Waals surface area contributed by atoms with Gasteiger partial charge in [0.2, 0.25) is 0 Å². The highest BCUT2D eigenvalue weighted by atomic mass is 35.5. The van der Waals surface area contributed by atoms with Crippen molar-refractivity contribution in [2.45, 2.75) is 4.90 Å². The van der Waals surface area contributed by atoms with Gasteiger partial charge in [0.05, 0.1) is 5.69 Å². The van der Waals surface area contributed by atoms with E-state index in [1.807, 2.05) is 18.2 Å². The summed E-state index contributed by atoms with van der Waals surface area (Å²) in [6.07, 6.45) is 1.20. The minimum atomic E-state index is -3.80. The molecule has 0 aliphatic carbocycles. The van der Waals surface area contributed by atoms with Crippen molar-refractivity contribution in [3.05, 3.63) is 78.1 Å². The number of ether oxygens (including phenoxy) is 1. The first kappa shape index (κ1) is 16.3. The van der Waals surface area contributed by atoms with Crippen LogP contribution < -0.4 is 9.46 Å². The second-order valence-corrected chi connectivity index (χ2v) is 6.90. The van der Waals surface area contributed by atoms with E-state index in [2.05, 4.69) is 9.71 Å². The number of aromatic nitrogens is 1. The average Bonchev–Trinajstić information content (AvgIpc) is 2.58. The standard InChI is InChI=1S/C17H13ClN2O3S/c18-17-11-10-14(12-19-17)24(21,22)20-15-8-4-5-9-16(15)23-13-6-2-1-3-7-13/h1-12,20H. The number of halogens is 1. The van der Waals surface area contributed by atoms with Crippen molar-refractivity contribution in [1.29, 1.82) is 0 Å². The van der Waals surface area contributed by atoms with Crippen molar-refractivity contribution >= 4 is 27.3 Å². The zero-order chi connectivity index (χ0) is 17.0. The number of hydrogen-bond donors (Lipinski definition) is 1. The predicted octanol–water partition coefficient (Wildman–Crippen LogP) is 4.33. The summed E-state index contributed by atoms with van der Waals surface area (Å²) >= 11 is 5.69. The van der Waals surface area contributed by atoms with E-state index >= 15 is 0 Å². The van der Waals surface area contributed by atoms with Crippen LogP contribution in [0.3, 0.4) is 0 Å². The number of sulfonamides is 1. The van der Waals surface area contributed by atoms with E-state index in [4.69, 9.17) is 16.3 Å². The molecule has 24 heavy (non-hydrogen) atoms. The smallest absolute Gasteiger partial charge is 0.263 e. The number of nitrogens with zero attached hydrogens (tertiary/aromatic N) is 1. The van der Waals surface area contributed by atoms with Gasteiger partial charge in [-0.15, -0.1) is 0 Å². The van der Waals surface area contributed by atoms with Gasteiger partial charge in [0.1, 0.15) is 15.8 Å². The first-order valence-corrected chi connectivity index (χ1v) is 8.87. The Kier molecular flexibility index (Phi) is 4.69. The highest BCUT2D eigenvalue weighted by Gasteiger charge is 2.17.